The van der Waals surface area contributed by atoms with Crippen molar-refractivity contribution in [1.29, 1.82) is 5.26 Å². The molecule has 0 aliphatic heterocycles. The summed E-state index contributed by atoms with van der Waals surface area (Å²) in [5.74, 6) is -1.21. The third-order valence-electron chi connectivity index (χ3n) is 2.57. The summed E-state index contributed by atoms with van der Waals surface area (Å²) in [4.78, 5) is 0. The predicted octanol–water partition coefficient (Wildman–Crippen LogP) is 1.67. The maximum atomic E-state index is 13.1. The van der Waals surface area contributed by atoms with Crippen molar-refractivity contribution in [2.75, 3.05) is 5.73 Å². The molecule has 14 heavy (non-hydrogen) atoms. The molecule has 1 aliphatic rings. The molecule has 3 nitrogen and oxygen atoms in total. The summed E-state index contributed by atoms with van der Waals surface area (Å²) in [6.45, 7) is 0. The van der Waals surface area contributed by atoms with Gasteiger partial charge in [0.15, 0.2) is 11.6 Å². The van der Waals surface area contributed by atoms with Gasteiger partial charge in [-0.2, -0.15) is 5.26 Å². The highest BCUT2D eigenvalue weighted by Gasteiger charge is 2.47. The van der Waals surface area contributed by atoms with E-state index >= 15 is 0 Å². The molecular weight excluding hydrogens is 183 g/mol. The van der Waals surface area contributed by atoms with Gasteiger partial charge in [0.1, 0.15) is 0 Å². The van der Waals surface area contributed by atoms with E-state index in [1.165, 1.54) is 6.07 Å². The van der Waals surface area contributed by atoms with Crippen molar-refractivity contribution in [3.63, 3.8) is 0 Å². The van der Waals surface area contributed by atoms with E-state index in [9.17, 15) is 9.50 Å². The van der Waals surface area contributed by atoms with Crippen LogP contribution in [-0.2, 0) is 5.41 Å². The normalized spacial score (nSPS) is 17.4. The Morgan fingerprint density at radius 1 is 1.50 bits per heavy atom. The molecule has 1 saturated carbocycles. The Morgan fingerprint density at radius 2 is 2.14 bits per heavy atom. The quantitative estimate of drug-likeness (QED) is 0.525. The zero-order valence-electron chi connectivity index (χ0n) is 7.42. The van der Waals surface area contributed by atoms with Crippen molar-refractivity contribution in [3.05, 3.63) is 23.5 Å². The second-order valence-corrected chi connectivity index (χ2v) is 3.59. The number of halogens is 1. The van der Waals surface area contributed by atoms with Crippen LogP contribution in [0.4, 0.5) is 10.1 Å². The largest absolute Gasteiger partial charge is 0.505 e. The van der Waals surface area contributed by atoms with Gasteiger partial charge in [0.2, 0.25) is 0 Å². The zero-order valence-corrected chi connectivity index (χ0v) is 7.42. The lowest BCUT2D eigenvalue weighted by molar-refractivity contribution is 0.423. The number of rotatable bonds is 1. The Labute approximate surface area is 80.6 Å². The average molecular weight is 192 g/mol. The van der Waals surface area contributed by atoms with Crippen molar-refractivity contribution in [1.82, 2.24) is 0 Å². The summed E-state index contributed by atoms with van der Waals surface area (Å²) in [5, 5.41) is 18.3. The Morgan fingerprint density at radius 3 is 2.64 bits per heavy atom. The summed E-state index contributed by atoms with van der Waals surface area (Å²) < 4.78 is 13.1. The number of hydrogen-bond donors (Lipinski definition) is 2. The highest BCUT2D eigenvalue weighted by Crippen LogP contribution is 2.51. The molecule has 0 amide bonds. The molecule has 0 heterocycles. The van der Waals surface area contributed by atoms with Crippen LogP contribution in [0.1, 0.15) is 18.4 Å². The van der Waals surface area contributed by atoms with Gasteiger partial charge in [-0.15, -0.1) is 0 Å². The van der Waals surface area contributed by atoms with Gasteiger partial charge < -0.3 is 10.8 Å². The summed E-state index contributed by atoms with van der Waals surface area (Å²) in [6.07, 6.45) is 1.31. The van der Waals surface area contributed by atoms with E-state index in [0.29, 0.717) is 18.4 Å². The van der Waals surface area contributed by atoms with Crippen molar-refractivity contribution < 1.29 is 9.50 Å². The SMILES string of the molecule is N#CC1(c2cc(N)cc(F)c2O)CC1. The first kappa shape index (κ1) is 8.82. The van der Waals surface area contributed by atoms with Gasteiger partial charge in [-0.3, -0.25) is 0 Å². The number of nitrogen functional groups attached to an aromatic ring is 1. The smallest absolute Gasteiger partial charge is 0.167 e. The van der Waals surface area contributed by atoms with Gasteiger partial charge in [0.25, 0.3) is 0 Å². The Hall–Kier alpha value is -1.76. The van der Waals surface area contributed by atoms with E-state index in [1.54, 1.807) is 0 Å². The fourth-order valence-corrected chi connectivity index (χ4v) is 1.55. The molecule has 0 bridgehead atoms. The number of nitriles is 1. The summed E-state index contributed by atoms with van der Waals surface area (Å²) in [7, 11) is 0. The van der Waals surface area contributed by atoms with Crippen LogP contribution in [0.2, 0.25) is 0 Å². The van der Waals surface area contributed by atoms with Crippen LogP contribution in [0.5, 0.6) is 5.75 Å². The molecule has 1 aromatic rings. The topological polar surface area (TPSA) is 70.0 Å². The van der Waals surface area contributed by atoms with Crippen LogP contribution < -0.4 is 5.73 Å². The molecule has 3 N–H and O–H groups in total. The summed E-state index contributed by atoms with van der Waals surface area (Å²) >= 11 is 0. The molecular formula is C10H9FN2O. The first-order valence-corrected chi connectivity index (χ1v) is 4.29. The third-order valence-corrected chi connectivity index (χ3v) is 2.57. The second kappa shape index (κ2) is 2.61. The maximum Gasteiger partial charge on any atom is 0.167 e. The van der Waals surface area contributed by atoms with E-state index < -0.39 is 17.0 Å². The van der Waals surface area contributed by atoms with E-state index in [0.717, 1.165) is 6.07 Å². The van der Waals surface area contributed by atoms with Crippen molar-refractivity contribution in [3.8, 4) is 11.8 Å². The highest BCUT2D eigenvalue weighted by atomic mass is 19.1. The van der Waals surface area contributed by atoms with Crippen LogP contribution >= 0.6 is 0 Å². The number of nitrogens with zero attached hydrogens (tertiary/aromatic N) is 1. The Balaban J connectivity index is 2.59. The first-order chi connectivity index (χ1) is 6.59. The van der Waals surface area contributed by atoms with Crippen molar-refractivity contribution in [2.24, 2.45) is 0 Å². The lowest BCUT2D eigenvalue weighted by atomic mass is 9.96. The number of anilines is 1. The number of nitrogens with two attached hydrogens (primary N) is 1. The van der Waals surface area contributed by atoms with Crippen LogP contribution in [0.3, 0.4) is 0 Å². The van der Waals surface area contributed by atoms with Gasteiger partial charge in [0.05, 0.1) is 11.5 Å². The predicted molar refractivity (Wildman–Crippen MR) is 49.0 cm³/mol. The van der Waals surface area contributed by atoms with Gasteiger partial charge in [-0.1, -0.05) is 0 Å². The van der Waals surface area contributed by atoms with E-state index in [1.807, 2.05) is 0 Å². The molecule has 1 aromatic carbocycles. The van der Waals surface area contributed by atoms with Gasteiger partial charge in [-0.25, -0.2) is 4.39 Å². The Bertz CT molecular complexity index is 432. The molecule has 0 atom stereocenters. The van der Waals surface area contributed by atoms with E-state index in [4.69, 9.17) is 11.0 Å². The van der Waals surface area contributed by atoms with E-state index in [-0.39, 0.29) is 5.69 Å². The fraction of sp³-hybridized carbons (Fsp3) is 0.300. The molecule has 1 fully saturated rings. The van der Waals surface area contributed by atoms with E-state index in [2.05, 4.69) is 6.07 Å². The molecule has 2 rings (SSSR count). The molecule has 4 heteroatoms. The molecule has 0 saturated heterocycles. The number of aromatic hydroxyl groups is 1. The standard InChI is InChI=1S/C10H9FN2O/c11-8-4-6(13)3-7(9(8)14)10(5-12)1-2-10/h3-4,14H,1-2,13H2. The van der Waals surface area contributed by atoms with Gasteiger partial charge in [0, 0.05) is 17.3 Å². The average Bonchev–Trinajstić information content (AvgIpc) is 2.92. The molecule has 0 aromatic heterocycles. The number of phenols is 1. The number of phenolic OH excluding ortho intramolecular Hbond substituents is 1. The lowest BCUT2D eigenvalue weighted by Crippen LogP contribution is -2.05. The van der Waals surface area contributed by atoms with Crippen LogP contribution in [0, 0.1) is 17.1 Å². The van der Waals surface area contributed by atoms with Crippen LogP contribution in [0.15, 0.2) is 12.1 Å². The monoisotopic (exact) mass is 192 g/mol. The van der Waals surface area contributed by atoms with Gasteiger partial charge in [-0.05, 0) is 18.9 Å². The second-order valence-electron chi connectivity index (χ2n) is 3.59. The first-order valence-electron chi connectivity index (χ1n) is 4.29. The number of hydrogen-bond acceptors (Lipinski definition) is 3. The molecule has 0 radical (unpaired) electrons. The van der Waals surface area contributed by atoms with Gasteiger partial charge >= 0.3 is 0 Å². The zero-order chi connectivity index (χ0) is 10.3. The minimum atomic E-state index is -0.762. The summed E-state index contributed by atoms with van der Waals surface area (Å²) in [6, 6.07) is 4.60. The molecule has 0 spiro atoms. The third kappa shape index (κ3) is 1.10. The van der Waals surface area contributed by atoms with Crippen LogP contribution in [-0.4, -0.2) is 5.11 Å². The minimum Gasteiger partial charge on any atom is -0.505 e. The van der Waals surface area contributed by atoms with Crippen molar-refractivity contribution in [2.45, 2.75) is 18.3 Å². The van der Waals surface area contributed by atoms with Crippen molar-refractivity contribution >= 4 is 5.69 Å². The maximum absolute atomic E-state index is 13.1. The Kier molecular flexibility index (Phi) is 1.65. The highest BCUT2D eigenvalue weighted by molar-refractivity contribution is 5.55. The molecule has 0 unspecified atom stereocenters. The minimum absolute atomic E-state index is 0.233. The fourth-order valence-electron chi connectivity index (χ4n) is 1.55. The summed E-state index contributed by atoms with van der Waals surface area (Å²) in [5.41, 5.74) is 5.29. The lowest BCUT2D eigenvalue weighted by Gasteiger charge is -2.10. The molecule has 1 aliphatic carbocycles. The number of benzene rings is 1. The molecule has 72 valence electrons. The van der Waals surface area contributed by atoms with Crippen LogP contribution in [0.25, 0.3) is 0 Å².